The summed E-state index contributed by atoms with van der Waals surface area (Å²) in [5, 5.41) is 4.28. The zero-order valence-corrected chi connectivity index (χ0v) is 16.7. The Morgan fingerprint density at radius 2 is 2.07 bits per heavy atom. The Bertz CT molecular complexity index is 1060. The van der Waals surface area contributed by atoms with Gasteiger partial charge in [-0.2, -0.15) is 0 Å². The number of anilines is 3. The number of nitrogens with one attached hydrogen (secondary N) is 1. The molecule has 148 valence electrons. The van der Waals surface area contributed by atoms with Crippen molar-refractivity contribution >= 4 is 40.1 Å². The molecule has 0 spiro atoms. The van der Waals surface area contributed by atoms with Crippen LogP contribution in [0.15, 0.2) is 53.9 Å². The van der Waals surface area contributed by atoms with Crippen LogP contribution in [0.3, 0.4) is 0 Å². The van der Waals surface area contributed by atoms with Crippen LogP contribution in [0.4, 0.5) is 17.5 Å². The van der Waals surface area contributed by atoms with E-state index in [0.29, 0.717) is 12.0 Å². The third-order valence-electron chi connectivity index (χ3n) is 5.23. The van der Waals surface area contributed by atoms with Gasteiger partial charge in [0.25, 0.3) is 0 Å². The predicted molar refractivity (Wildman–Crippen MR) is 120 cm³/mol. The van der Waals surface area contributed by atoms with Crippen LogP contribution >= 0.6 is 0 Å². The number of fused-ring (bicyclic) bond motifs is 1. The molecular weight excluding hydrogens is 362 g/mol. The lowest BCUT2D eigenvalue weighted by Crippen LogP contribution is -2.27. The smallest absolute Gasteiger partial charge is 0.227 e. The largest absolute Gasteiger partial charge is 0.404 e. The lowest BCUT2D eigenvalue weighted by Gasteiger charge is -2.23. The molecule has 29 heavy (non-hydrogen) atoms. The standard InChI is InChI=1S/C22H25N7/c1-15-4-3-11-29(15)21-20-17(9-10-25-21)14-26-22(28-20)27-19-7-5-16(6-8-19)18(12-23)13-24-2/h5-10,12-15H,3-4,11,23H2,1-2H3,(H,26,27,28). The average Bonchev–Trinajstić information content (AvgIpc) is 3.18. The van der Waals surface area contributed by atoms with E-state index in [0.717, 1.165) is 40.1 Å². The monoisotopic (exact) mass is 387 g/mol. The Balaban J connectivity index is 1.62. The van der Waals surface area contributed by atoms with Crippen molar-refractivity contribution in [2.75, 3.05) is 23.8 Å². The molecule has 1 aliphatic heterocycles. The van der Waals surface area contributed by atoms with Gasteiger partial charge < -0.3 is 16.0 Å². The second-order valence-electron chi connectivity index (χ2n) is 7.16. The van der Waals surface area contributed by atoms with Gasteiger partial charge >= 0.3 is 0 Å². The summed E-state index contributed by atoms with van der Waals surface area (Å²) in [7, 11) is 1.72. The van der Waals surface area contributed by atoms with Crippen LogP contribution in [0, 0.1) is 0 Å². The maximum Gasteiger partial charge on any atom is 0.227 e. The quantitative estimate of drug-likeness (QED) is 0.648. The van der Waals surface area contributed by atoms with Crippen molar-refractivity contribution in [3.8, 4) is 0 Å². The second kappa shape index (κ2) is 8.26. The van der Waals surface area contributed by atoms with Crippen molar-refractivity contribution in [3.05, 3.63) is 54.5 Å². The summed E-state index contributed by atoms with van der Waals surface area (Å²) in [5.74, 6) is 1.49. The van der Waals surface area contributed by atoms with E-state index in [4.69, 9.17) is 10.7 Å². The summed E-state index contributed by atoms with van der Waals surface area (Å²) in [5.41, 5.74) is 9.33. The Morgan fingerprint density at radius 3 is 2.76 bits per heavy atom. The van der Waals surface area contributed by atoms with Gasteiger partial charge in [-0.05, 0) is 43.5 Å². The normalized spacial score (nSPS) is 17.4. The Kier molecular flexibility index (Phi) is 5.37. The first-order chi connectivity index (χ1) is 14.2. The van der Waals surface area contributed by atoms with Crippen molar-refractivity contribution < 1.29 is 0 Å². The highest BCUT2D eigenvalue weighted by Crippen LogP contribution is 2.29. The number of pyridine rings is 1. The Labute approximate surface area is 170 Å². The van der Waals surface area contributed by atoms with Gasteiger partial charge in [0.15, 0.2) is 5.82 Å². The summed E-state index contributed by atoms with van der Waals surface area (Å²) >= 11 is 0. The number of allylic oxidation sites excluding steroid dienone is 1. The molecule has 2 aromatic heterocycles. The van der Waals surface area contributed by atoms with E-state index < -0.39 is 0 Å². The van der Waals surface area contributed by atoms with Gasteiger partial charge in [0.2, 0.25) is 5.95 Å². The highest BCUT2D eigenvalue weighted by Gasteiger charge is 2.23. The Hall–Kier alpha value is -3.48. The van der Waals surface area contributed by atoms with Crippen LogP contribution in [0.25, 0.3) is 16.5 Å². The molecule has 1 aromatic carbocycles. The molecule has 1 unspecified atom stereocenters. The van der Waals surface area contributed by atoms with Crippen LogP contribution in [0.1, 0.15) is 25.3 Å². The van der Waals surface area contributed by atoms with E-state index in [1.165, 1.54) is 12.8 Å². The first-order valence-electron chi connectivity index (χ1n) is 9.79. The van der Waals surface area contributed by atoms with Crippen molar-refractivity contribution in [1.29, 1.82) is 0 Å². The molecule has 3 N–H and O–H groups in total. The van der Waals surface area contributed by atoms with E-state index in [1.54, 1.807) is 19.5 Å². The van der Waals surface area contributed by atoms with Gasteiger partial charge in [-0.3, -0.25) is 4.99 Å². The molecule has 0 aliphatic carbocycles. The minimum atomic E-state index is 0.475. The summed E-state index contributed by atoms with van der Waals surface area (Å²) in [6.07, 6.45) is 9.34. The topological polar surface area (TPSA) is 92.3 Å². The van der Waals surface area contributed by atoms with Crippen molar-refractivity contribution in [1.82, 2.24) is 15.0 Å². The number of benzene rings is 1. The highest BCUT2D eigenvalue weighted by atomic mass is 15.2. The number of hydrogen-bond acceptors (Lipinski definition) is 7. The number of aromatic nitrogens is 3. The molecule has 1 saturated heterocycles. The molecule has 0 amide bonds. The lowest BCUT2D eigenvalue weighted by atomic mass is 10.1. The fourth-order valence-electron chi connectivity index (χ4n) is 3.69. The van der Waals surface area contributed by atoms with E-state index in [1.807, 2.05) is 42.7 Å². The van der Waals surface area contributed by atoms with Crippen LogP contribution < -0.4 is 16.0 Å². The molecule has 0 bridgehead atoms. The van der Waals surface area contributed by atoms with Crippen molar-refractivity contribution in [2.45, 2.75) is 25.8 Å². The molecule has 3 aromatic rings. The van der Waals surface area contributed by atoms with Crippen molar-refractivity contribution in [2.24, 2.45) is 10.7 Å². The van der Waals surface area contributed by atoms with Gasteiger partial charge in [0.1, 0.15) is 5.52 Å². The molecule has 3 heterocycles. The molecule has 0 radical (unpaired) electrons. The molecule has 1 atom stereocenters. The lowest BCUT2D eigenvalue weighted by molar-refractivity contribution is 0.729. The molecular formula is C22H25N7. The third-order valence-corrected chi connectivity index (χ3v) is 5.23. The number of rotatable bonds is 5. The van der Waals surface area contributed by atoms with Gasteiger partial charge in [-0.15, -0.1) is 0 Å². The minimum Gasteiger partial charge on any atom is -0.404 e. The maximum atomic E-state index is 5.68. The van der Waals surface area contributed by atoms with Crippen LogP contribution in [-0.4, -0.2) is 40.8 Å². The second-order valence-corrected chi connectivity index (χ2v) is 7.16. The first-order valence-corrected chi connectivity index (χ1v) is 9.79. The fourth-order valence-corrected chi connectivity index (χ4v) is 3.69. The average molecular weight is 387 g/mol. The summed E-state index contributed by atoms with van der Waals surface area (Å²) in [4.78, 5) is 20.2. The van der Waals surface area contributed by atoms with E-state index in [9.17, 15) is 0 Å². The number of nitrogens with two attached hydrogens (primary N) is 1. The summed E-state index contributed by atoms with van der Waals surface area (Å²) < 4.78 is 0. The molecule has 7 heteroatoms. The van der Waals surface area contributed by atoms with E-state index in [2.05, 4.69) is 32.1 Å². The van der Waals surface area contributed by atoms with Gasteiger partial charge in [-0.25, -0.2) is 15.0 Å². The summed E-state index contributed by atoms with van der Waals surface area (Å²) in [6.45, 7) is 3.25. The number of aliphatic imine (C=N–C) groups is 1. The maximum absolute atomic E-state index is 5.68. The third kappa shape index (κ3) is 3.89. The molecule has 7 nitrogen and oxygen atoms in total. The molecule has 1 fully saturated rings. The van der Waals surface area contributed by atoms with E-state index >= 15 is 0 Å². The molecule has 4 rings (SSSR count). The van der Waals surface area contributed by atoms with Crippen LogP contribution in [-0.2, 0) is 0 Å². The van der Waals surface area contributed by atoms with Crippen LogP contribution in [0.5, 0.6) is 0 Å². The SMILES string of the molecule is CN=CC(=CN)c1ccc(Nc2ncc3ccnc(N4CCCC4C)c3n2)cc1. The molecule has 1 aliphatic rings. The summed E-state index contributed by atoms with van der Waals surface area (Å²) in [6, 6.07) is 10.4. The van der Waals surface area contributed by atoms with Crippen molar-refractivity contribution in [3.63, 3.8) is 0 Å². The fraction of sp³-hybridized carbons (Fsp3) is 0.273. The number of nitrogens with zero attached hydrogens (tertiary/aromatic N) is 5. The zero-order valence-electron chi connectivity index (χ0n) is 16.7. The van der Waals surface area contributed by atoms with Gasteiger partial charge in [0.05, 0.1) is 0 Å². The van der Waals surface area contributed by atoms with Gasteiger partial charge in [-0.1, -0.05) is 12.1 Å². The number of hydrogen-bond donors (Lipinski definition) is 2. The molecule has 0 saturated carbocycles. The minimum absolute atomic E-state index is 0.475. The first kappa shape index (κ1) is 18.9. The zero-order chi connectivity index (χ0) is 20.2. The highest BCUT2D eigenvalue weighted by molar-refractivity contribution is 6.09. The van der Waals surface area contributed by atoms with Gasteiger partial charge in [0, 0.05) is 61.1 Å². The van der Waals surface area contributed by atoms with Crippen LogP contribution in [0.2, 0.25) is 0 Å². The van der Waals surface area contributed by atoms with E-state index in [-0.39, 0.29) is 0 Å². The predicted octanol–water partition coefficient (Wildman–Crippen LogP) is 3.76. The Morgan fingerprint density at radius 1 is 1.24 bits per heavy atom.